The molecule has 1 atom stereocenters. The first-order valence-corrected chi connectivity index (χ1v) is 13.3. The summed E-state index contributed by atoms with van der Waals surface area (Å²) in [5, 5.41) is 17.1. The van der Waals surface area contributed by atoms with Crippen molar-refractivity contribution in [3.05, 3.63) is 35.7 Å². The Bertz CT molecular complexity index is 1340. The van der Waals surface area contributed by atoms with E-state index in [0.717, 1.165) is 81.4 Å². The SMILES string of the molecule is N#CC1(NC(=O)N2CCC(CN3CC[C@@H](Nc4ncc(Cl)c(-c5c[nH]c6ncccc56)n4)C3)CC2)CC1. The maximum absolute atomic E-state index is 12.5. The molecule has 37 heavy (non-hydrogen) atoms. The van der Waals surface area contributed by atoms with Gasteiger partial charge in [0.2, 0.25) is 5.95 Å². The average molecular weight is 520 g/mol. The molecule has 2 saturated heterocycles. The summed E-state index contributed by atoms with van der Waals surface area (Å²) in [6, 6.07) is 6.31. The number of H-pyrrole nitrogens is 1. The smallest absolute Gasteiger partial charge is 0.318 e. The molecule has 1 saturated carbocycles. The van der Waals surface area contributed by atoms with Crippen LogP contribution in [-0.4, -0.2) is 80.1 Å². The Hall–Kier alpha value is -3.42. The maximum Gasteiger partial charge on any atom is 0.318 e. The molecule has 3 aromatic rings. The number of urea groups is 1. The van der Waals surface area contributed by atoms with Gasteiger partial charge in [0, 0.05) is 62.1 Å². The molecule has 0 unspecified atom stereocenters. The second kappa shape index (κ2) is 9.80. The summed E-state index contributed by atoms with van der Waals surface area (Å²) in [4.78, 5) is 33.6. The first-order valence-electron chi connectivity index (χ1n) is 12.9. The van der Waals surface area contributed by atoms with Gasteiger partial charge in [-0.15, -0.1) is 0 Å². The molecule has 10 nitrogen and oxygen atoms in total. The molecule has 2 amide bonds. The lowest BCUT2D eigenvalue weighted by atomic mass is 9.96. The van der Waals surface area contributed by atoms with Crippen LogP contribution < -0.4 is 10.6 Å². The molecule has 3 fully saturated rings. The largest absolute Gasteiger partial charge is 0.350 e. The van der Waals surface area contributed by atoms with Crippen LogP contribution in [-0.2, 0) is 0 Å². The number of pyridine rings is 1. The Morgan fingerprint density at radius 3 is 2.86 bits per heavy atom. The number of aromatic nitrogens is 4. The van der Waals surface area contributed by atoms with Gasteiger partial charge in [-0.05, 0) is 50.2 Å². The van der Waals surface area contributed by atoms with Gasteiger partial charge in [-0.2, -0.15) is 5.26 Å². The number of amides is 2. The number of anilines is 1. The second-order valence-electron chi connectivity index (χ2n) is 10.4. The minimum absolute atomic E-state index is 0.0887. The number of hydrogen-bond donors (Lipinski definition) is 3. The van der Waals surface area contributed by atoms with E-state index >= 15 is 0 Å². The maximum atomic E-state index is 12.5. The van der Waals surface area contributed by atoms with Crippen molar-refractivity contribution in [2.24, 2.45) is 5.92 Å². The van der Waals surface area contributed by atoms with Crippen LogP contribution in [0.1, 0.15) is 32.1 Å². The normalized spacial score (nSPS) is 21.6. The number of carbonyl (C=O) groups is 1. The summed E-state index contributed by atoms with van der Waals surface area (Å²) in [6.07, 6.45) is 9.82. The number of nitrogens with zero attached hydrogens (tertiary/aromatic N) is 6. The highest BCUT2D eigenvalue weighted by Crippen LogP contribution is 2.35. The van der Waals surface area contributed by atoms with E-state index < -0.39 is 5.54 Å². The second-order valence-corrected chi connectivity index (χ2v) is 10.8. The number of carbonyl (C=O) groups excluding carboxylic acids is 1. The Morgan fingerprint density at radius 1 is 1.24 bits per heavy atom. The van der Waals surface area contributed by atoms with E-state index in [1.54, 1.807) is 12.4 Å². The molecule has 2 aliphatic heterocycles. The Kier molecular flexibility index (Phi) is 6.34. The van der Waals surface area contributed by atoms with Crippen molar-refractivity contribution in [3.63, 3.8) is 0 Å². The molecule has 192 valence electrons. The van der Waals surface area contributed by atoms with Gasteiger partial charge in [-0.3, -0.25) is 0 Å². The zero-order chi connectivity index (χ0) is 25.4. The molecule has 0 bridgehead atoms. The average Bonchev–Trinajstić information content (AvgIpc) is 3.34. The van der Waals surface area contributed by atoms with Gasteiger partial charge >= 0.3 is 6.03 Å². The molecule has 6 rings (SSSR count). The molecule has 3 N–H and O–H groups in total. The van der Waals surface area contributed by atoms with Crippen LogP contribution in [0.25, 0.3) is 22.3 Å². The highest BCUT2D eigenvalue weighted by molar-refractivity contribution is 6.33. The molecule has 1 aliphatic carbocycles. The van der Waals surface area contributed by atoms with Gasteiger partial charge in [0.05, 0.1) is 23.0 Å². The van der Waals surface area contributed by atoms with Crippen molar-refractivity contribution in [2.75, 3.05) is 38.0 Å². The highest BCUT2D eigenvalue weighted by Gasteiger charge is 2.45. The van der Waals surface area contributed by atoms with E-state index in [1.807, 2.05) is 23.2 Å². The molecular formula is C26H30ClN9O. The van der Waals surface area contributed by atoms with Crippen LogP contribution in [0.4, 0.5) is 10.7 Å². The predicted molar refractivity (Wildman–Crippen MR) is 141 cm³/mol. The van der Waals surface area contributed by atoms with Gasteiger partial charge < -0.3 is 25.4 Å². The van der Waals surface area contributed by atoms with Crippen LogP contribution in [0, 0.1) is 17.2 Å². The summed E-state index contributed by atoms with van der Waals surface area (Å²) in [7, 11) is 0. The number of likely N-dealkylation sites (tertiary alicyclic amines) is 2. The number of fused-ring (bicyclic) bond motifs is 1. The number of nitrogens with one attached hydrogen (secondary N) is 3. The van der Waals surface area contributed by atoms with Gasteiger partial charge in [0.1, 0.15) is 11.2 Å². The fourth-order valence-corrected chi connectivity index (χ4v) is 5.63. The third-order valence-corrected chi connectivity index (χ3v) is 8.06. The summed E-state index contributed by atoms with van der Waals surface area (Å²) >= 11 is 6.47. The monoisotopic (exact) mass is 519 g/mol. The van der Waals surface area contributed by atoms with Crippen molar-refractivity contribution in [1.29, 1.82) is 5.26 Å². The van der Waals surface area contributed by atoms with E-state index in [9.17, 15) is 10.1 Å². The molecular weight excluding hydrogens is 490 g/mol. The van der Waals surface area contributed by atoms with Crippen LogP contribution in [0.2, 0.25) is 5.02 Å². The van der Waals surface area contributed by atoms with Crippen molar-refractivity contribution >= 4 is 34.6 Å². The Morgan fingerprint density at radius 2 is 2.08 bits per heavy atom. The molecule has 3 aliphatic rings. The Balaban J connectivity index is 1.01. The number of aromatic amines is 1. The minimum Gasteiger partial charge on any atom is -0.350 e. The van der Waals surface area contributed by atoms with Crippen LogP contribution in [0.15, 0.2) is 30.7 Å². The summed E-state index contributed by atoms with van der Waals surface area (Å²) < 4.78 is 0. The quantitative estimate of drug-likeness (QED) is 0.454. The van der Waals surface area contributed by atoms with E-state index in [-0.39, 0.29) is 12.1 Å². The lowest BCUT2D eigenvalue weighted by Gasteiger charge is -2.34. The third-order valence-electron chi connectivity index (χ3n) is 7.78. The molecule has 11 heteroatoms. The van der Waals surface area contributed by atoms with Crippen molar-refractivity contribution in [1.82, 2.24) is 35.1 Å². The van der Waals surface area contributed by atoms with E-state index in [1.165, 1.54) is 0 Å². The van der Waals surface area contributed by atoms with E-state index in [2.05, 4.69) is 36.6 Å². The fraction of sp³-hybridized carbons (Fsp3) is 0.500. The number of piperidine rings is 1. The lowest BCUT2D eigenvalue weighted by molar-refractivity contribution is 0.152. The minimum atomic E-state index is -0.604. The molecule has 0 spiro atoms. The topological polar surface area (TPSA) is 126 Å². The number of nitriles is 1. The van der Waals surface area contributed by atoms with Crippen molar-refractivity contribution in [3.8, 4) is 17.3 Å². The first kappa shape index (κ1) is 23.9. The summed E-state index contributed by atoms with van der Waals surface area (Å²) in [5.74, 6) is 1.15. The predicted octanol–water partition coefficient (Wildman–Crippen LogP) is 3.64. The third kappa shape index (κ3) is 5.06. The zero-order valence-electron chi connectivity index (χ0n) is 20.6. The van der Waals surface area contributed by atoms with Gasteiger partial charge in [-0.25, -0.2) is 19.7 Å². The van der Waals surface area contributed by atoms with Gasteiger partial charge in [0.25, 0.3) is 0 Å². The van der Waals surface area contributed by atoms with Gasteiger partial charge in [0.15, 0.2) is 0 Å². The fourth-order valence-electron chi connectivity index (χ4n) is 5.43. The molecule has 0 aromatic carbocycles. The van der Waals surface area contributed by atoms with Gasteiger partial charge in [-0.1, -0.05) is 11.6 Å². The molecule has 5 heterocycles. The number of hydrogen-bond acceptors (Lipinski definition) is 7. The number of rotatable bonds is 6. The molecule has 3 aromatic heterocycles. The van der Waals surface area contributed by atoms with E-state index in [0.29, 0.717) is 22.6 Å². The first-order chi connectivity index (χ1) is 18.0. The van der Waals surface area contributed by atoms with Crippen LogP contribution >= 0.6 is 11.6 Å². The molecule has 0 radical (unpaired) electrons. The van der Waals surface area contributed by atoms with E-state index in [4.69, 9.17) is 16.6 Å². The number of halogens is 1. The summed E-state index contributed by atoms with van der Waals surface area (Å²) in [5.41, 5.74) is 1.79. The van der Waals surface area contributed by atoms with Crippen molar-refractivity contribution < 1.29 is 4.79 Å². The zero-order valence-corrected chi connectivity index (χ0v) is 21.3. The summed E-state index contributed by atoms with van der Waals surface area (Å²) in [6.45, 7) is 4.49. The van der Waals surface area contributed by atoms with Crippen molar-refractivity contribution in [2.45, 2.75) is 43.7 Å². The lowest BCUT2D eigenvalue weighted by Crippen LogP contribution is -2.49. The Labute approximate surface area is 220 Å². The standard InChI is InChI=1S/C26H30ClN9O/c27-21-13-31-24(33-22(21)20-12-30-23-19(20)2-1-8-29-23)32-18-5-9-35(15-18)14-17-3-10-36(11-4-17)25(37)34-26(16-28)6-7-26/h1-2,8,12-13,17-18H,3-7,9-11,14-15H2,(H,29,30)(H,34,37)(H,31,32,33)/t18-/m1/s1. The van der Waals surface area contributed by atoms with Crippen LogP contribution in [0.5, 0.6) is 0 Å². The van der Waals surface area contributed by atoms with Crippen LogP contribution in [0.3, 0.4) is 0 Å². The highest BCUT2D eigenvalue weighted by atomic mass is 35.5.